The molecule has 7 aromatic carbocycles. The van der Waals surface area contributed by atoms with E-state index in [2.05, 4.69) is 170 Å². The Morgan fingerprint density at radius 3 is 0.592 bits per heavy atom. The van der Waals surface area contributed by atoms with E-state index in [4.69, 9.17) is 0 Å². The molecule has 2 aliphatic rings. The molecule has 49 heavy (non-hydrogen) atoms. The maximum absolute atomic E-state index is 2.37. The van der Waals surface area contributed by atoms with Crippen molar-refractivity contribution < 1.29 is 0 Å². The SMILES string of the molecule is c1ccc2c(c1)Cc1ccccc1Cc1ccccc1C1=C(c3ccccc3Cc3ccccc3C2)c2ccccc2Cc2ccccc21. The van der Waals surface area contributed by atoms with Crippen molar-refractivity contribution in [3.05, 3.63) is 248 Å². The zero-order valence-corrected chi connectivity index (χ0v) is 27.7. The van der Waals surface area contributed by atoms with Crippen molar-refractivity contribution in [1.29, 1.82) is 0 Å². The van der Waals surface area contributed by atoms with Crippen molar-refractivity contribution in [2.45, 2.75) is 32.1 Å². The smallest absolute Gasteiger partial charge is 0.00134 e. The van der Waals surface area contributed by atoms with E-state index in [0.29, 0.717) is 0 Å². The molecule has 0 heterocycles. The first-order chi connectivity index (χ1) is 24.3. The molecule has 0 unspecified atom stereocenters. The molecule has 0 saturated carbocycles. The van der Waals surface area contributed by atoms with Gasteiger partial charge in [-0.05, 0) is 121 Å². The van der Waals surface area contributed by atoms with Crippen molar-refractivity contribution >= 4 is 11.1 Å². The molecule has 0 aromatic heterocycles. The molecule has 0 amide bonds. The zero-order chi connectivity index (χ0) is 32.6. The number of benzene rings is 7. The molecule has 9 rings (SSSR count). The summed E-state index contributed by atoms with van der Waals surface area (Å²) in [4.78, 5) is 0. The first kappa shape index (κ1) is 29.4. The van der Waals surface area contributed by atoms with Gasteiger partial charge in [-0.1, -0.05) is 170 Å². The van der Waals surface area contributed by atoms with E-state index in [9.17, 15) is 0 Å². The Bertz CT molecular complexity index is 2200. The molecule has 7 aromatic rings. The van der Waals surface area contributed by atoms with Crippen LogP contribution < -0.4 is 0 Å². The molecule has 0 fully saturated rings. The molecule has 234 valence electrons. The minimum atomic E-state index is 0.875. The third-order valence-electron chi connectivity index (χ3n) is 10.7. The minimum absolute atomic E-state index is 0.875. The number of hydrogen-bond donors (Lipinski definition) is 0. The fourth-order valence-corrected chi connectivity index (χ4v) is 8.24. The molecule has 2 aliphatic carbocycles. The lowest BCUT2D eigenvalue weighted by atomic mass is 9.80. The quantitative estimate of drug-likeness (QED) is 0.157. The maximum atomic E-state index is 2.37. The van der Waals surface area contributed by atoms with Gasteiger partial charge in [0.05, 0.1) is 0 Å². The van der Waals surface area contributed by atoms with Crippen LogP contribution in [-0.4, -0.2) is 0 Å². The van der Waals surface area contributed by atoms with E-state index in [0.717, 1.165) is 32.1 Å². The van der Waals surface area contributed by atoms with E-state index in [1.165, 1.54) is 89.0 Å². The van der Waals surface area contributed by atoms with E-state index in [1.54, 1.807) is 0 Å². The van der Waals surface area contributed by atoms with Crippen LogP contribution >= 0.6 is 0 Å². The molecule has 0 N–H and O–H groups in total. The number of fused-ring (bicyclic) bond motifs is 11. The first-order valence-corrected chi connectivity index (χ1v) is 17.6. The fourth-order valence-electron chi connectivity index (χ4n) is 8.24. The Hall–Kier alpha value is -5.72. The van der Waals surface area contributed by atoms with Crippen LogP contribution in [-0.2, 0) is 32.1 Å². The molecule has 0 atom stereocenters. The summed E-state index contributed by atoms with van der Waals surface area (Å²) in [5.41, 5.74) is 21.9. The Morgan fingerprint density at radius 1 is 0.184 bits per heavy atom. The summed E-state index contributed by atoms with van der Waals surface area (Å²) in [5, 5.41) is 0. The standard InChI is InChI=1S/C49H38/c1-2-16-35-30-37-18-4-6-20-39(37)32-41-22-8-12-26-45(41)49-47-28-14-10-24-43(47)33-42-23-9-13-27-46(42)48(49)44-25-11-7-21-40(44)31-38-19-5-3-17-36(38)29-34(35)15-1/h1-28H,29-33H2. The van der Waals surface area contributed by atoms with Crippen molar-refractivity contribution in [3.63, 3.8) is 0 Å². The average Bonchev–Trinajstić information content (AvgIpc) is 3.29. The Labute approximate surface area is 290 Å². The van der Waals surface area contributed by atoms with Gasteiger partial charge in [0.15, 0.2) is 0 Å². The highest BCUT2D eigenvalue weighted by molar-refractivity contribution is 6.07. The van der Waals surface area contributed by atoms with Gasteiger partial charge in [0, 0.05) is 0 Å². The summed E-state index contributed by atoms with van der Waals surface area (Å²) in [7, 11) is 0. The van der Waals surface area contributed by atoms with Gasteiger partial charge >= 0.3 is 0 Å². The van der Waals surface area contributed by atoms with Gasteiger partial charge < -0.3 is 0 Å². The third kappa shape index (κ3) is 5.54. The topological polar surface area (TPSA) is 0 Å². The first-order valence-electron chi connectivity index (χ1n) is 17.6. The van der Waals surface area contributed by atoms with E-state index in [1.807, 2.05) is 0 Å². The Balaban J connectivity index is 1.39. The van der Waals surface area contributed by atoms with Crippen molar-refractivity contribution in [2.24, 2.45) is 0 Å². The summed E-state index contributed by atoms with van der Waals surface area (Å²) in [5.74, 6) is 0. The van der Waals surface area contributed by atoms with Crippen molar-refractivity contribution in [3.8, 4) is 0 Å². The zero-order valence-electron chi connectivity index (χ0n) is 27.7. The van der Waals surface area contributed by atoms with Gasteiger partial charge in [-0.15, -0.1) is 0 Å². The number of hydrogen-bond acceptors (Lipinski definition) is 0. The van der Waals surface area contributed by atoms with Gasteiger partial charge in [0.2, 0.25) is 0 Å². The summed E-state index contributed by atoms with van der Waals surface area (Å²) >= 11 is 0. The highest BCUT2D eigenvalue weighted by atomic mass is 14.3. The van der Waals surface area contributed by atoms with Crippen molar-refractivity contribution in [1.82, 2.24) is 0 Å². The Morgan fingerprint density at radius 2 is 0.347 bits per heavy atom. The molecule has 0 bridgehead atoms. The normalized spacial score (nSPS) is 13.6. The van der Waals surface area contributed by atoms with Gasteiger partial charge in [-0.25, -0.2) is 0 Å². The highest BCUT2D eigenvalue weighted by Crippen LogP contribution is 2.45. The molecule has 0 saturated heterocycles. The lowest BCUT2D eigenvalue weighted by Gasteiger charge is -2.23. The predicted molar refractivity (Wildman–Crippen MR) is 204 cm³/mol. The van der Waals surface area contributed by atoms with Gasteiger partial charge in [0.1, 0.15) is 0 Å². The van der Waals surface area contributed by atoms with Crippen LogP contribution in [0.15, 0.2) is 170 Å². The highest BCUT2D eigenvalue weighted by Gasteiger charge is 2.27. The second kappa shape index (κ2) is 12.7. The molecule has 0 nitrogen and oxygen atoms in total. The predicted octanol–water partition coefficient (Wildman–Crippen LogP) is 11.3. The summed E-state index contributed by atoms with van der Waals surface area (Å²) < 4.78 is 0. The molecule has 0 spiro atoms. The minimum Gasteiger partial charge on any atom is -0.0620 e. The van der Waals surface area contributed by atoms with Crippen LogP contribution in [0.3, 0.4) is 0 Å². The van der Waals surface area contributed by atoms with Crippen LogP contribution in [0.1, 0.15) is 77.9 Å². The van der Waals surface area contributed by atoms with Crippen molar-refractivity contribution in [2.75, 3.05) is 0 Å². The second-order valence-corrected chi connectivity index (χ2v) is 13.6. The summed E-state index contributed by atoms with van der Waals surface area (Å²) in [6, 6.07) is 63.8. The summed E-state index contributed by atoms with van der Waals surface area (Å²) in [6.45, 7) is 0. The summed E-state index contributed by atoms with van der Waals surface area (Å²) in [6.07, 6.45) is 4.50. The van der Waals surface area contributed by atoms with Gasteiger partial charge in [-0.2, -0.15) is 0 Å². The lowest BCUT2D eigenvalue weighted by molar-refractivity contribution is 1.03. The largest absolute Gasteiger partial charge is 0.0620 e. The Kier molecular flexibility index (Phi) is 7.63. The fraction of sp³-hybridized carbons (Fsp3) is 0.102. The molecule has 0 heteroatoms. The van der Waals surface area contributed by atoms with E-state index < -0.39 is 0 Å². The van der Waals surface area contributed by atoms with Crippen LogP contribution in [0.2, 0.25) is 0 Å². The van der Waals surface area contributed by atoms with E-state index >= 15 is 0 Å². The third-order valence-corrected chi connectivity index (χ3v) is 10.7. The van der Waals surface area contributed by atoms with E-state index in [-0.39, 0.29) is 0 Å². The molecule has 0 radical (unpaired) electrons. The number of rotatable bonds is 0. The lowest BCUT2D eigenvalue weighted by Crippen LogP contribution is -2.07. The van der Waals surface area contributed by atoms with Crippen LogP contribution in [0, 0.1) is 0 Å². The average molecular weight is 627 g/mol. The maximum Gasteiger partial charge on any atom is -0.00134 e. The molecular weight excluding hydrogens is 589 g/mol. The van der Waals surface area contributed by atoms with Crippen LogP contribution in [0.5, 0.6) is 0 Å². The van der Waals surface area contributed by atoms with Crippen LogP contribution in [0.25, 0.3) is 11.1 Å². The second-order valence-electron chi connectivity index (χ2n) is 13.6. The molecule has 0 aliphatic heterocycles. The van der Waals surface area contributed by atoms with Gasteiger partial charge in [0.25, 0.3) is 0 Å². The monoisotopic (exact) mass is 626 g/mol. The van der Waals surface area contributed by atoms with Gasteiger partial charge in [-0.3, -0.25) is 0 Å². The molecular formula is C49H38. The van der Waals surface area contributed by atoms with Crippen LogP contribution in [0.4, 0.5) is 0 Å².